The van der Waals surface area contributed by atoms with Gasteiger partial charge in [-0.25, -0.2) is 0 Å². The third-order valence-electron chi connectivity index (χ3n) is 6.23. The monoisotopic (exact) mass is 431 g/mol. The van der Waals surface area contributed by atoms with Gasteiger partial charge in [0.25, 0.3) is 0 Å². The highest BCUT2D eigenvalue weighted by molar-refractivity contribution is 8.02. The van der Waals surface area contributed by atoms with Crippen LogP contribution < -0.4 is 10.6 Å². The summed E-state index contributed by atoms with van der Waals surface area (Å²) in [6, 6.07) is 8.55. The third kappa shape index (κ3) is 3.39. The molecule has 2 bridgehead atoms. The highest BCUT2D eigenvalue weighted by Gasteiger charge is 2.73. The first kappa shape index (κ1) is 21.2. The molecule has 5 atom stereocenters. The number of likely N-dealkylation sites (tertiary alicyclic amines) is 1. The van der Waals surface area contributed by atoms with Gasteiger partial charge in [0.15, 0.2) is 0 Å². The van der Waals surface area contributed by atoms with Gasteiger partial charge in [0.1, 0.15) is 6.04 Å². The van der Waals surface area contributed by atoms with Crippen LogP contribution in [0.25, 0.3) is 0 Å². The Kier molecular flexibility index (Phi) is 5.34. The van der Waals surface area contributed by atoms with E-state index in [4.69, 9.17) is 0 Å². The lowest BCUT2D eigenvalue weighted by Crippen LogP contribution is -2.57. The summed E-state index contributed by atoms with van der Waals surface area (Å²) in [6.45, 7) is 5.59. The lowest BCUT2D eigenvalue weighted by molar-refractivity contribution is -0.139. The van der Waals surface area contributed by atoms with E-state index < -0.39 is 28.2 Å². The van der Waals surface area contributed by atoms with Crippen molar-refractivity contribution in [1.29, 1.82) is 0 Å². The molecule has 0 saturated carbocycles. The Hall–Kier alpha value is -2.06. The van der Waals surface area contributed by atoms with E-state index in [0.29, 0.717) is 5.69 Å². The standard InChI is InChI=1S/C22H29N3O4S/c1-21(2,3)24-19(28)17-22-10-9-14(30-22)15(16(22)20(29)25(17)11-12-26)18(27)23-13-7-5-4-6-8-13/h4-8,14-17,26H,9-12H2,1-3H3,(H,23,27)(H,24,28)/t14-,15+,16-,17?,22?/m0/s1. The molecule has 162 valence electrons. The van der Waals surface area contributed by atoms with Crippen LogP contribution >= 0.6 is 11.8 Å². The number of thioether (sulfide) groups is 1. The number of aliphatic hydroxyl groups excluding tert-OH is 1. The van der Waals surface area contributed by atoms with E-state index in [0.717, 1.165) is 12.8 Å². The number of aliphatic hydroxyl groups is 1. The maximum absolute atomic E-state index is 13.5. The average Bonchev–Trinajstić information content (AvgIpc) is 3.29. The summed E-state index contributed by atoms with van der Waals surface area (Å²) in [7, 11) is 0. The molecule has 3 saturated heterocycles. The van der Waals surface area contributed by atoms with Gasteiger partial charge >= 0.3 is 0 Å². The smallest absolute Gasteiger partial charge is 0.244 e. The molecule has 3 aliphatic rings. The number of carbonyl (C=O) groups excluding carboxylic acids is 3. The van der Waals surface area contributed by atoms with Gasteiger partial charge in [-0.05, 0) is 45.7 Å². The number of hydrogen-bond acceptors (Lipinski definition) is 5. The SMILES string of the molecule is CC(C)(C)NC(=O)C1N(CCO)C(=O)[C@@H]2[C@H](C(=O)Nc3ccccc3)[C@@H]3CCC12S3. The molecule has 4 rings (SSSR count). The van der Waals surface area contributed by atoms with Crippen LogP contribution in [0.1, 0.15) is 33.6 Å². The summed E-state index contributed by atoms with van der Waals surface area (Å²) in [6.07, 6.45) is 1.52. The van der Waals surface area contributed by atoms with Crippen molar-refractivity contribution in [2.45, 2.75) is 55.2 Å². The number of para-hydroxylation sites is 1. The minimum absolute atomic E-state index is 0.0175. The van der Waals surface area contributed by atoms with Gasteiger partial charge in [-0.2, -0.15) is 0 Å². The molecule has 0 aromatic heterocycles. The quantitative estimate of drug-likeness (QED) is 0.658. The third-order valence-corrected chi connectivity index (χ3v) is 8.18. The normalized spacial score (nSPS) is 32.3. The molecule has 3 heterocycles. The summed E-state index contributed by atoms with van der Waals surface area (Å²) in [4.78, 5) is 41.5. The number of nitrogens with one attached hydrogen (secondary N) is 2. The maximum atomic E-state index is 13.5. The van der Waals surface area contributed by atoms with Crippen molar-refractivity contribution in [3.05, 3.63) is 30.3 Å². The van der Waals surface area contributed by atoms with Gasteiger partial charge in [-0.3, -0.25) is 14.4 Å². The Balaban J connectivity index is 1.66. The minimum atomic E-state index is -0.675. The zero-order valence-corrected chi connectivity index (χ0v) is 18.4. The molecule has 30 heavy (non-hydrogen) atoms. The van der Waals surface area contributed by atoms with E-state index >= 15 is 0 Å². The second kappa shape index (κ2) is 7.57. The van der Waals surface area contributed by atoms with E-state index in [1.54, 1.807) is 11.8 Å². The topological polar surface area (TPSA) is 98.7 Å². The van der Waals surface area contributed by atoms with Crippen LogP contribution in [0.4, 0.5) is 5.69 Å². The molecule has 3 fully saturated rings. The number of fused-ring (bicyclic) bond motifs is 1. The number of β-amino-alcohol motifs (C(OH)–C–C–N with tert-alkyl or cyclic N) is 1. The Morgan fingerprint density at radius 1 is 1.23 bits per heavy atom. The summed E-state index contributed by atoms with van der Waals surface area (Å²) in [5.74, 6) is -1.60. The number of amides is 3. The minimum Gasteiger partial charge on any atom is -0.395 e. The van der Waals surface area contributed by atoms with Crippen LogP contribution in [0.2, 0.25) is 0 Å². The second-order valence-electron chi connectivity index (χ2n) is 9.41. The molecule has 1 aromatic rings. The van der Waals surface area contributed by atoms with E-state index in [-0.39, 0.29) is 36.1 Å². The molecule has 3 aliphatic heterocycles. The van der Waals surface area contributed by atoms with Crippen LogP contribution in [-0.4, -0.2) is 62.5 Å². The summed E-state index contributed by atoms with van der Waals surface area (Å²) in [5.41, 5.74) is 0.259. The van der Waals surface area contributed by atoms with Crippen molar-refractivity contribution in [2.75, 3.05) is 18.5 Å². The largest absolute Gasteiger partial charge is 0.395 e. The summed E-state index contributed by atoms with van der Waals surface area (Å²) >= 11 is 1.63. The molecule has 8 heteroatoms. The fraction of sp³-hybridized carbons (Fsp3) is 0.591. The van der Waals surface area contributed by atoms with Crippen LogP contribution in [0.3, 0.4) is 0 Å². The zero-order valence-electron chi connectivity index (χ0n) is 17.6. The molecule has 1 aromatic carbocycles. The fourth-order valence-corrected chi connectivity index (χ4v) is 7.51. The van der Waals surface area contributed by atoms with Crippen LogP contribution in [0.15, 0.2) is 30.3 Å². The number of rotatable bonds is 5. The molecule has 0 radical (unpaired) electrons. The molecule has 3 N–H and O–H groups in total. The number of carbonyl (C=O) groups is 3. The molecule has 3 amide bonds. The fourth-order valence-electron chi connectivity index (χ4n) is 5.29. The second-order valence-corrected chi connectivity index (χ2v) is 11.0. The highest BCUT2D eigenvalue weighted by atomic mass is 32.2. The molecule has 2 unspecified atom stereocenters. The van der Waals surface area contributed by atoms with Gasteiger partial charge < -0.3 is 20.6 Å². The Morgan fingerprint density at radius 2 is 1.93 bits per heavy atom. The highest BCUT2D eigenvalue weighted by Crippen LogP contribution is 2.66. The number of benzene rings is 1. The van der Waals surface area contributed by atoms with Crippen molar-refractivity contribution >= 4 is 35.2 Å². The van der Waals surface area contributed by atoms with Crippen LogP contribution in [-0.2, 0) is 14.4 Å². The van der Waals surface area contributed by atoms with Gasteiger partial charge in [0, 0.05) is 23.0 Å². The first-order valence-electron chi connectivity index (χ1n) is 10.4. The van der Waals surface area contributed by atoms with Crippen LogP contribution in [0.5, 0.6) is 0 Å². The van der Waals surface area contributed by atoms with Crippen molar-refractivity contribution in [1.82, 2.24) is 10.2 Å². The van der Waals surface area contributed by atoms with Crippen LogP contribution in [0, 0.1) is 11.8 Å². The van der Waals surface area contributed by atoms with Gasteiger partial charge in [-0.15, -0.1) is 11.8 Å². The van der Waals surface area contributed by atoms with Crippen molar-refractivity contribution in [2.24, 2.45) is 11.8 Å². The average molecular weight is 432 g/mol. The molecular formula is C22H29N3O4S. The Morgan fingerprint density at radius 3 is 2.57 bits per heavy atom. The van der Waals surface area contributed by atoms with E-state index in [2.05, 4.69) is 10.6 Å². The lowest BCUT2D eigenvalue weighted by Gasteiger charge is -2.36. The Labute approximate surface area is 181 Å². The number of nitrogens with zero attached hydrogens (tertiary/aromatic N) is 1. The predicted octanol–water partition coefficient (Wildman–Crippen LogP) is 1.62. The molecule has 0 aliphatic carbocycles. The number of hydrogen-bond donors (Lipinski definition) is 3. The van der Waals surface area contributed by atoms with Gasteiger partial charge in [0.05, 0.1) is 23.2 Å². The number of anilines is 1. The Bertz CT molecular complexity index is 856. The van der Waals surface area contributed by atoms with E-state index in [1.165, 1.54) is 4.90 Å². The van der Waals surface area contributed by atoms with Crippen molar-refractivity contribution in [3.63, 3.8) is 0 Å². The summed E-state index contributed by atoms with van der Waals surface area (Å²) < 4.78 is -0.620. The van der Waals surface area contributed by atoms with Crippen molar-refractivity contribution in [3.8, 4) is 0 Å². The first-order chi connectivity index (χ1) is 14.2. The van der Waals surface area contributed by atoms with E-state index in [1.807, 2.05) is 51.1 Å². The molecule has 7 nitrogen and oxygen atoms in total. The van der Waals surface area contributed by atoms with Gasteiger partial charge in [0.2, 0.25) is 17.7 Å². The first-order valence-corrected chi connectivity index (χ1v) is 11.3. The molecule has 1 spiro atoms. The predicted molar refractivity (Wildman–Crippen MR) is 116 cm³/mol. The lowest BCUT2D eigenvalue weighted by atomic mass is 9.70. The molecular weight excluding hydrogens is 402 g/mol. The van der Waals surface area contributed by atoms with E-state index in [9.17, 15) is 19.5 Å². The van der Waals surface area contributed by atoms with Crippen molar-refractivity contribution < 1.29 is 19.5 Å². The maximum Gasteiger partial charge on any atom is 0.244 e. The summed E-state index contributed by atoms with van der Waals surface area (Å²) in [5, 5.41) is 15.6. The zero-order chi connectivity index (χ0) is 21.7. The van der Waals surface area contributed by atoms with Gasteiger partial charge in [-0.1, -0.05) is 18.2 Å².